The number of ether oxygens (including phenoxy) is 2. The lowest BCUT2D eigenvalue weighted by Gasteiger charge is -2.33. The molecule has 2 aliphatic rings. The molecule has 0 saturated carbocycles. The third-order valence-corrected chi connectivity index (χ3v) is 5.78. The van der Waals surface area contributed by atoms with Gasteiger partial charge in [0.1, 0.15) is 23.9 Å². The van der Waals surface area contributed by atoms with Crippen molar-refractivity contribution in [3.8, 4) is 11.4 Å². The van der Waals surface area contributed by atoms with Gasteiger partial charge in [0.05, 0.1) is 31.4 Å². The molecular weight excluding hydrogens is 411 g/mol. The second-order valence-corrected chi connectivity index (χ2v) is 7.85. The Labute approximate surface area is 185 Å². The van der Waals surface area contributed by atoms with Gasteiger partial charge in [0.15, 0.2) is 5.84 Å². The Morgan fingerprint density at radius 1 is 1.16 bits per heavy atom. The summed E-state index contributed by atoms with van der Waals surface area (Å²) in [5, 5.41) is 4.30. The van der Waals surface area contributed by atoms with Crippen molar-refractivity contribution in [1.29, 1.82) is 0 Å². The van der Waals surface area contributed by atoms with Crippen molar-refractivity contribution in [3.63, 3.8) is 0 Å². The summed E-state index contributed by atoms with van der Waals surface area (Å²) in [6, 6.07) is 12.2. The van der Waals surface area contributed by atoms with Gasteiger partial charge in [-0.25, -0.2) is 9.37 Å². The van der Waals surface area contributed by atoms with E-state index >= 15 is 0 Å². The van der Waals surface area contributed by atoms with Crippen LogP contribution in [0.5, 0.6) is 5.75 Å². The summed E-state index contributed by atoms with van der Waals surface area (Å²) in [5.74, 6) is 1.73. The number of hydrogen-bond acceptors (Lipinski definition) is 6. The van der Waals surface area contributed by atoms with Gasteiger partial charge in [-0.3, -0.25) is 0 Å². The van der Waals surface area contributed by atoms with E-state index in [9.17, 15) is 4.39 Å². The number of methoxy groups -OCH3 is 1. The van der Waals surface area contributed by atoms with Crippen LogP contribution in [0.3, 0.4) is 0 Å². The van der Waals surface area contributed by atoms with E-state index in [1.807, 2.05) is 53.8 Å². The van der Waals surface area contributed by atoms with Crippen LogP contribution < -0.4 is 4.74 Å². The number of nitrogens with zero attached hydrogens (tertiary/aromatic N) is 4. The van der Waals surface area contributed by atoms with Crippen molar-refractivity contribution < 1.29 is 18.7 Å². The molecule has 8 heteroatoms. The Hall–Kier alpha value is -3.81. The van der Waals surface area contributed by atoms with Crippen LogP contribution in [-0.4, -0.2) is 40.5 Å². The van der Waals surface area contributed by atoms with Crippen molar-refractivity contribution in [2.24, 2.45) is 5.16 Å². The summed E-state index contributed by atoms with van der Waals surface area (Å²) >= 11 is 0. The summed E-state index contributed by atoms with van der Waals surface area (Å²) in [6.45, 7) is 4.86. The predicted molar refractivity (Wildman–Crippen MR) is 118 cm³/mol. The van der Waals surface area contributed by atoms with E-state index in [1.165, 1.54) is 12.1 Å². The van der Waals surface area contributed by atoms with E-state index in [0.29, 0.717) is 30.5 Å². The molecular formula is C24H23FN4O3. The maximum atomic E-state index is 13.4. The first-order valence-corrected chi connectivity index (χ1v) is 10.3. The van der Waals surface area contributed by atoms with E-state index in [2.05, 4.69) is 10.1 Å². The van der Waals surface area contributed by atoms with Crippen molar-refractivity contribution in [1.82, 2.24) is 14.5 Å². The summed E-state index contributed by atoms with van der Waals surface area (Å²) < 4.78 is 27.0. The summed E-state index contributed by atoms with van der Waals surface area (Å²) in [6.07, 6.45) is 5.56. The van der Waals surface area contributed by atoms with Crippen LogP contribution in [0.15, 0.2) is 66.2 Å². The Morgan fingerprint density at radius 3 is 2.69 bits per heavy atom. The molecule has 2 aliphatic heterocycles. The average Bonchev–Trinajstić information content (AvgIpc) is 3.29. The minimum absolute atomic E-state index is 0.291. The number of oxime groups is 1. The van der Waals surface area contributed by atoms with Crippen LogP contribution in [-0.2, 0) is 15.3 Å². The van der Waals surface area contributed by atoms with Crippen LogP contribution in [0.25, 0.3) is 11.4 Å². The van der Waals surface area contributed by atoms with Gasteiger partial charge in [-0.1, -0.05) is 17.3 Å². The van der Waals surface area contributed by atoms with Crippen molar-refractivity contribution in [3.05, 3.63) is 83.7 Å². The van der Waals surface area contributed by atoms with Gasteiger partial charge in [0.2, 0.25) is 5.72 Å². The predicted octanol–water partition coefficient (Wildman–Crippen LogP) is 4.22. The van der Waals surface area contributed by atoms with Crippen molar-refractivity contribution in [2.45, 2.75) is 19.6 Å². The molecule has 32 heavy (non-hydrogen) atoms. The number of benzene rings is 2. The van der Waals surface area contributed by atoms with Gasteiger partial charge >= 0.3 is 0 Å². The van der Waals surface area contributed by atoms with E-state index in [1.54, 1.807) is 25.6 Å². The summed E-state index contributed by atoms with van der Waals surface area (Å²) in [5.41, 5.74) is 2.66. The highest BCUT2D eigenvalue weighted by molar-refractivity contribution is 5.99. The Bertz CT molecular complexity index is 1220. The number of imidazole rings is 1. The van der Waals surface area contributed by atoms with Gasteiger partial charge in [0, 0.05) is 30.3 Å². The van der Waals surface area contributed by atoms with Gasteiger partial charge in [-0.15, -0.1) is 0 Å². The van der Waals surface area contributed by atoms with E-state index in [0.717, 1.165) is 22.5 Å². The zero-order valence-electron chi connectivity index (χ0n) is 18.1. The lowest BCUT2D eigenvalue weighted by molar-refractivity contribution is -0.0927. The smallest absolute Gasteiger partial charge is 0.234 e. The molecule has 0 bridgehead atoms. The molecule has 0 N–H and O–H groups in total. The minimum Gasteiger partial charge on any atom is -0.495 e. The molecule has 2 aromatic carbocycles. The molecule has 7 nitrogen and oxygen atoms in total. The van der Waals surface area contributed by atoms with Crippen LogP contribution in [0.2, 0.25) is 0 Å². The molecule has 1 atom stereocenters. The summed E-state index contributed by atoms with van der Waals surface area (Å²) in [4.78, 5) is 12.1. The number of fused-ring (bicyclic) bond motifs is 1. The van der Waals surface area contributed by atoms with Gasteiger partial charge < -0.3 is 23.8 Å². The van der Waals surface area contributed by atoms with Crippen LogP contribution in [0.1, 0.15) is 23.7 Å². The number of aromatic nitrogens is 2. The first-order valence-electron chi connectivity index (χ1n) is 10.3. The molecule has 0 fully saturated rings. The number of aryl methyl sites for hydroxylation is 1. The third-order valence-electron chi connectivity index (χ3n) is 5.78. The Kier molecular flexibility index (Phi) is 4.84. The zero-order chi connectivity index (χ0) is 22.3. The highest BCUT2D eigenvalue weighted by atomic mass is 19.1. The van der Waals surface area contributed by atoms with E-state index in [-0.39, 0.29) is 5.82 Å². The molecule has 0 aliphatic carbocycles. The molecule has 3 heterocycles. The molecule has 164 valence electrons. The van der Waals surface area contributed by atoms with Crippen LogP contribution >= 0.6 is 0 Å². The lowest BCUT2D eigenvalue weighted by Crippen LogP contribution is -2.44. The average molecular weight is 434 g/mol. The van der Waals surface area contributed by atoms with Gasteiger partial charge in [-0.05, 0) is 37.3 Å². The maximum absolute atomic E-state index is 13.4. The number of hydrogen-bond donors (Lipinski definition) is 0. The van der Waals surface area contributed by atoms with Gasteiger partial charge in [-0.2, -0.15) is 0 Å². The fourth-order valence-corrected chi connectivity index (χ4v) is 4.02. The fourth-order valence-electron chi connectivity index (χ4n) is 4.02. The van der Waals surface area contributed by atoms with Gasteiger partial charge in [0.25, 0.3) is 0 Å². The Morgan fingerprint density at radius 2 is 1.97 bits per heavy atom. The normalized spacial score (nSPS) is 19.9. The summed E-state index contributed by atoms with van der Waals surface area (Å²) in [7, 11) is 1.64. The number of halogens is 1. The second kappa shape index (κ2) is 7.71. The standard InChI is InChI=1S/C24H23FN4O3/c1-16-14-28(15-26-16)20-9-4-17(12-22(20)30-3)21-13-23-27-32-24(2,29(23)10-11-31-21)18-5-7-19(25)8-6-18/h4-9,12-15H,10-11H2,1-3H3. The number of rotatable bonds is 4. The monoisotopic (exact) mass is 434 g/mol. The van der Waals surface area contributed by atoms with Crippen molar-refractivity contribution >= 4 is 11.6 Å². The number of amidine groups is 1. The molecule has 0 saturated heterocycles. The molecule has 0 radical (unpaired) electrons. The Balaban J connectivity index is 1.47. The lowest BCUT2D eigenvalue weighted by atomic mass is 10.0. The highest BCUT2D eigenvalue weighted by Crippen LogP contribution is 2.37. The van der Waals surface area contributed by atoms with Crippen LogP contribution in [0, 0.1) is 12.7 Å². The SMILES string of the molecule is COc1cc(C2=CC3=NOC(C)(c4ccc(F)cc4)N3CCO2)ccc1-n1cnc(C)c1. The third kappa shape index (κ3) is 3.37. The first-order chi connectivity index (χ1) is 15.5. The second-order valence-electron chi connectivity index (χ2n) is 7.85. The minimum atomic E-state index is -0.834. The highest BCUT2D eigenvalue weighted by Gasteiger charge is 2.43. The first kappa shape index (κ1) is 20.1. The molecule has 0 spiro atoms. The van der Waals surface area contributed by atoms with Crippen molar-refractivity contribution in [2.75, 3.05) is 20.3 Å². The van der Waals surface area contributed by atoms with E-state index < -0.39 is 5.72 Å². The largest absolute Gasteiger partial charge is 0.495 e. The molecule has 5 rings (SSSR count). The molecule has 1 aromatic heterocycles. The maximum Gasteiger partial charge on any atom is 0.234 e. The zero-order valence-corrected chi connectivity index (χ0v) is 18.1. The topological polar surface area (TPSA) is 61.1 Å². The fraction of sp³-hybridized carbons (Fsp3) is 0.250. The van der Waals surface area contributed by atoms with E-state index in [4.69, 9.17) is 14.3 Å². The quantitative estimate of drug-likeness (QED) is 0.615. The molecule has 0 amide bonds. The molecule has 1 unspecified atom stereocenters. The van der Waals surface area contributed by atoms with Crippen LogP contribution in [0.4, 0.5) is 4.39 Å². The molecule has 3 aromatic rings.